The molecular formula is C21H23N5O3. The van der Waals surface area contributed by atoms with E-state index in [1.54, 1.807) is 24.2 Å². The van der Waals surface area contributed by atoms with Gasteiger partial charge in [-0.05, 0) is 42.9 Å². The van der Waals surface area contributed by atoms with Gasteiger partial charge in [0.25, 0.3) is 5.91 Å². The molecule has 5 rings (SSSR count). The maximum atomic E-state index is 12.6. The topological polar surface area (TPSA) is 95.1 Å². The SMILES string of the molecule is COCCn1cc(C(=O)NC2CCc3cc(-c4noc(C5CC5)n4)ccc32)cn1. The molecule has 0 bridgehead atoms. The number of fused-ring (bicyclic) bond motifs is 1. The van der Waals surface area contributed by atoms with E-state index in [1.165, 1.54) is 5.56 Å². The van der Waals surface area contributed by atoms with Gasteiger partial charge >= 0.3 is 0 Å². The van der Waals surface area contributed by atoms with E-state index in [0.717, 1.165) is 42.7 Å². The second-order valence-electron chi connectivity index (χ2n) is 7.69. The summed E-state index contributed by atoms with van der Waals surface area (Å²) < 4.78 is 12.1. The summed E-state index contributed by atoms with van der Waals surface area (Å²) in [6.45, 7) is 1.18. The molecule has 1 aromatic carbocycles. The highest BCUT2D eigenvalue weighted by Gasteiger charge is 2.30. The van der Waals surface area contributed by atoms with Gasteiger partial charge in [0.05, 0.1) is 31.0 Å². The molecule has 1 saturated carbocycles. The molecule has 2 aromatic heterocycles. The molecule has 0 spiro atoms. The van der Waals surface area contributed by atoms with Crippen LogP contribution in [0.2, 0.25) is 0 Å². The Kier molecular flexibility index (Phi) is 4.63. The molecule has 1 amide bonds. The van der Waals surface area contributed by atoms with Crippen LogP contribution >= 0.6 is 0 Å². The van der Waals surface area contributed by atoms with Crippen LogP contribution in [0.5, 0.6) is 0 Å². The molecule has 1 fully saturated rings. The minimum Gasteiger partial charge on any atom is -0.383 e. The van der Waals surface area contributed by atoms with Gasteiger partial charge in [0, 0.05) is 24.8 Å². The van der Waals surface area contributed by atoms with E-state index in [9.17, 15) is 4.79 Å². The number of carbonyl (C=O) groups excluding carboxylic acids is 1. The molecule has 3 aromatic rings. The predicted molar refractivity (Wildman–Crippen MR) is 104 cm³/mol. The van der Waals surface area contributed by atoms with E-state index < -0.39 is 0 Å². The summed E-state index contributed by atoms with van der Waals surface area (Å²) in [5.74, 6) is 1.73. The summed E-state index contributed by atoms with van der Waals surface area (Å²) in [6, 6.07) is 6.19. The van der Waals surface area contributed by atoms with E-state index in [4.69, 9.17) is 9.26 Å². The number of carbonyl (C=O) groups is 1. The van der Waals surface area contributed by atoms with E-state index in [2.05, 4.69) is 32.7 Å². The van der Waals surface area contributed by atoms with Crippen molar-refractivity contribution >= 4 is 5.91 Å². The highest BCUT2D eigenvalue weighted by atomic mass is 16.5. The molecule has 1 N–H and O–H groups in total. The molecule has 8 nitrogen and oxygen atoms in total. The Morgan fingerprint density at radius 1 is 1.34 bits per heavy atom. The van der Waals surface area contributed by atoms with Crippen molar-refractivity contribution in [1.82, 2.24) is 25.2 Å². The Morgan fingerprint density at radius 3 is 3.07 bits per heavy atom. The zero-order valence-corrected chi connectivity index (χ0v) is 16.3. The van der Waals surface area contributed by atoms with Crippen molar-refractivity contribution < 1.29 is 14.1 Å². The van der Waals surface area contributed by atoms with E-state index in [1.807, 2.05) is 6.07 Å². The number of methoxy groups -OCH3 is 1. The van der Waals surface area contributed by atoms with Gasteiger partial charge in [0.1, 0.15) is 0 Å². The number of ether oxygens (including phenoxy) is 1. The molecule has 0 aliphatic heterocycles. The zero-order chi connectivity index (χ0) is 19.8. The van der Waals surface area contributed by atoms with Crippen molar-refractivity contribution in [1.29, 1.82) is 0 Å². The molecule has 0 saturated heterocycles. The van der Waals surface area contributed by atoms with Crippen molar-refractivity contribution in [2.24, 2.45) is 0 Å². The van der Waals surface area contributed by atoms with Crippen molar-refractivity contribution in [2.75, 3.05) is 13.7 Å². The van der Waals surface area contributed by atoms with Crippen molar-refractivity contribution in [3.8, 4) is 11.4 Å². The highest BCUT2D eigenvalue weighted by molar-refractivity contribution is 5.94. The number of hydrogen-bond donors (Lipinski definition) is 1. The summed E-state index contributed by atoms with van der Waals surface area (Å²) in [6.07, 6.45) is 7.41. The van der Waals surface area contributed by atoms with Crippen LogP contribution < -0.4 is 5.32 Å². The Morgan fingerprint density at radius 2 is 2.24 bits per heavy atom. The van der Waals surface area contributed by atoms with Gasteiger partial charge in [0.2, 0.25) is 11.7 Å². The van der Waals surface area contributed by atoms with Crippen LogP contribution in [0.1, 0.15) is 58.6 Å². The Bertz CT molecular complexity index is 1040. The Labute approximate surface area is 168 Å². The molecule has 2 aliphatic rings. The Balaban J connectivity index is 1.28. The van der Waals surface area contributed by atoms with Crippen molar-refractivity contribution in [3.05, 3.63) is 53.2 Å². The summed E-state index contributed by atoms with van der Waals surface area (Å²) in [4.78, 5) is 17.2. The maximum absolute atomic E-state index is 12.6. The number of benzene rings is 1. The molecule has 0 radical (unpaired) electrons. The first-order valence-corrected chi connectivity index (χ1v) is 10.0. The molecule has 29 heavy (non-hydrogen) atoms. The minimum absolute atomic E-state index is 0.00108. The lowest BCUT2D eigenvalue weighted by molar-refractivity contribution is 0.0936. The highest BCUT2D eigenvalue weighted by Crippen LogP contribution is 2.40. The molecule has 1 atom stereocenters. The van der Waals surface area contributed by atoms with Crippen molar-refractivity contribution in [2.45, 2.75) is 44.2 Å². The van der Waals surface area contributed by atoms with E-state index >= 15 is 0 Å². The molecule has 8 heteroatoms. The largest absolute Gasteiger partial charge is 0.383 e. The third-order valence-corrected chi connectivity index (χ3v) is 5.57. The average molecular weight is 393 g/mol. The van der Waals surface area contributed by atoms with Gasteiger partial charge in [-0.1, -0.05) is 17.3 Å². The van der Waals surface area contributed by atoms with Crippen LogP contribution in [0.25, 0.3) is 11.4 Å². The number of nitrogens with one attached hydrogen (secondary N) is 1. The number of aryl methyl sites for hydroxylation is 1. The third-order valence-electron chi connectivity index (χ3n) is 5.57. The lowest BCUT2D eigenvalue weighted by atomic mass is 10.0. The molecular weight excluding hydrogens is 370 g/mol. The predicted octanol–water partition coefficient (Wildman–Crippen LogP) is 2.87. The lowest BCUT2D eigenvalue weighted by Gasteiger charge is -2.13. The summed E-state index contributed by atoms with van der Waals surface area (Å²) in [7, 11) is 1.64. The van der Waals surface area contributed by atoms with Crippen molar-refractivity contribution in [3.63, 3.8) is 0 Å². The fourth-order valence-electron chi connectivity index (χ4n) is 3.78. The zero-order valence-electron chi connectivity index (χ0n) is 16.3. The Hall–Kier alpha value is -3.00. The van der Waals surface area contributed by atoms with Gasteiger partial charge < -0.3 is 14.6 Å². The van der Waals surface area contributed by atoms with Gasteiger partial charge in [-0.2, -0.15) is 10.1 Å². The van der Waals surface area contributed by atoms with Crippen LogP contribution in [0, 0.1) is 0 Å². The standard InChI is InChI=1S/C21H23N5O3/c1-28-9-8-26-12-16(11-22-26)20(27)23-18-7-5-14-10-15(4-6-17(14)18)19-24-21(29-25-19)13-2-3-13/h4,6,10-13,18H,2-3,5,7-9H2,1H3,(H,23,27). The smallest absolute Gasteiger partial charge is 0.254 e. The maximum Gasteiger partial charge on any atom is 0.254 e. The molecule has 2 aliphatic carbocycles. The second-order valence-corrected chi connectivity index (χ2v) is 7.69. The van der Waals surface area contributed by atoms with Gasteiger partial charge in [-0.15, -0.1) is 0 Å². The normalized spacial score (nSPS) is 18.0. The van der Waals surface area contributed by atoms with E-state index in [-0.39, 0.29) is 11.9 Å². The average Bonchev–Trinajstić information content (AvgIpc) is 3.15. The van der Waals surface area contributed by atoms with Gasteiger partial charge in [0.15, 0.2) is 0 Å². The third kappa shape index (κ3) is 3.67. The number of nitrogens with zero attached hydrogens (tertiary/aromatic N) is 4. The van der Waals surface area contributed by atoms with Gasteiger partial charge in [-0.25, -0.2) is 0 Å². The number of hydrogen-bond acceptors (Lipinski definition) is 6. The molecule has 2 heterocycles. The quantitative estimate of drug-likeness (QED) is 0.663. The van der Waals surface area contributed by atoms with Crippen LogP contribution in [0.15, 0.2) is 35.1 Å². The summed E-state index contributed by atoms with van der Waals surface area (Å²) >= 11 is 0. The summed E-state index contributed by atoms with van der Waals surface area (Å²) in [5, 5.41) is 11.5. The summed E-state index contributed by atoms with van der Waals surface area (Å²) in [5.41, 5.74) is 3.90. The van der Waals surface area contributed by atoms with Crippen LogP contribution in [0.4, 0.5) is 0 Å². The second kappa shape index (κ2) is 7.44. The first-order valence-electron chi connectivity index (χ1n) is 10.0. The van der Waals surface area contributed by atoms with Crippen LogP contribution in [-0.2, 0) is 17.7 Å². The number of rotatable bonds is 7. The molecule has 150 valence electrons. The van der Waals surface area contributed by atoms with Crippen LogP contribution in [0.3, 0.4) is 0 Å². The fourth-order valence-corrected chi connectivity index (χ4v) is 3.78. The monoisotopic (exact) mass is 393 g/mol. The van der Waals surface area contributed by atoms with Gasteiger partial charge in [-0.3, -0.25) is 9.48 Å². The fraction of sp³-hybridized carbons (Fsp3) is 0.429. The van der Waals surface area contributed by atoms with Crippen LogP contribution in [-0.4, -0.2) is 39.5 Å². The number of amides is 1. The first-order chi connectivity index (χ1) is 14.2. The van der Waals surface area contributed by atoms with E-state index in [0.29, 0.717) is 30.5 Å². The number of aromatic nitrogens is 4. The molecule has 1 unspecified atom stereocenters. The minimum atomic E-state index is -0.108. The lowest BCUT2D eigenvalue weighted by Crippen LogP contribution is -2.26. The first kappa shape index (κ1) is 18.1.